The van der Waals surface area contributed by atoms with Crippen molar-refractivity contribution in [3.63, 3.8) is 0 Å². The second-order valence-electron chi connectivity index (χ2n) is 3.08. The van der Waals surface area contributed by atoms with Gasteiger partial charge in [0.25, 0.3) is 0 Å². The van der Waals surface area contributed by atoms with Crippen LogP contribution in [0.2, 0.25) is 0 Å². The average Bonchev–Trinajstić information content (AvgIpc) is 2.80. The van der Waals surface area contributed by atoms with E-state index in [-0.39, 0.29) is 5.82 Å². The first kappa shape index (κ1) is 12.3. The number of alkyl halides is 3. The highest BCUT2D eigenvalue weighted by atomic mass is 33.1. The summed E-state index contributed by atoms with van der Waals surface area (Å²) in [4.78, 5) is 4.10. The van der Waals surface area contributed by atoms with Gasteiger partial charge in [-0.1, -0.05) is 10.8 Å². The molecule has 2 aromatic heterocycles. The zero-order valence-corrected chi connectivity index (χ0v) is 9.93. The Bertz CT molecular complexity index is 511. The first-order valence-electron chi connectivity index (χ1n) is 4.41. The van der Waals surface area contributed by atoms with Gasteiger partial charge in [0.2, 0.25) is 0 Å². The number of halogens is 3. The van der Waals surface area contributed by atoms with Gasteiger partial charge in [-0.3, -0.25) is 0 Å². The molecule has 0 atom stereocenters. The van der Waals surface area contributed by atoms with Crippen LogP contribution in [-0.4, -0.2) is 14.8 Å². The maximum absolute atomic E-state index is 12.8. The topological polar surface area (TPSA) is 30.7 Å². The molecule has 2 aromatic rings. The molecule has 0 aliphatic heterocycles. The Kier molecular flexibility index (Phi) is 3.34. The molecule has 0 aliphatic carbocycles. The smallest absolute Gasteiger partial charge is 0.235 e. The Morgan fingerprint density at radius 3 is 2.65 bits per heavy atom. The van der Waals surface area contributed by atoms with Crippen molar-refractivity contribution >= 4 is 22.5 Å². The van der Waals surface area contributed by atoms with E-state index in [0.29, 0.717) is 4.90 Å². The third kappa shape index (κ3) is 2.58. The molecule has 0 aliphatic rings. The Hall–Kier alpha value is -1.15. The monoisotopic (exact) mass is 277 g/mol. The number of hydrogen-bond donors (Lipinski definition) is 1. The van der Waals surface area contributed by atoms with Crippen LogP contribution in [0.15, 0.2) is 35.6 Å². The molecular weight excluding hydrogens is 271 g/mol. The number of thiol groups is 1. The Morgan fingerprint density at radius 1 is 1.35 bits per heavy atom. The van der Waals surface area contributed by atoms with Gasteiger partial charge in [0.15, 0.2) is 5.82 Å². The largest absolute Gasteiger partial charge is 0.420 e. The first-order chi connectivity index (χ1) is 8.02. The normalized spacial score (nSPS) is 11.8. The maximum atomic E-state index is 12.8. The highest BCUT2D eigenvalue weighted by molar-refractivity contribution is 8.68. The zero-order chi connectivity index (χ0) is 12.5. The minimum atomic E-state index is -4.48. The van der Waals surface area contributed by atoms with Crippen LogP contribution in [0, 0.1) is 0 Å². The van der Waals surface area contributed by atoms with Crippen molar-refractivity contribution in [3.05, 3.63) is 36.3 Å². The van der Waals surface area contributed by atoms with Gasteiger partial charge in [-0.05, 0) is 12.1 Å². The summed E-state index contributed by atoms with van der Waals surface area (Å²) in [6.07, 6.45) is -0.355. The molecule has 0 aromatic carbocycles. The quantitative estimate of drug-likeness (QED) is 0.675. The minimum absolute atomic E-state index is 0.242. The van der Waals surface area contributed by atoms with E-state index >= 15 is 0 Å². The predicted octanol–water partition coefficient (Wildman–Crippen LogP) is 3.22. The van der Waals surface area contributed by atoms with Crippen molar-refractivity contribution in [1.82, 2.24) is 14.8 Å². The van der Waals surface area contributed by atoms with Crippen molar-refractivity contribution in [1.29, 1.82) is 0 Å². The van der Waals surface area contributed by atoms with Crippen molar-refractivity contribution in [2.45, 2.75) is 11.1 Å². The van der Waals surface area contributed by atoms with Gasteiger partial charge in [0, 0.05) is 23.5 Å². The summed E-state index contributed by atoms with van der Waals surface area (Å²) in [6, 6.07) is 2.53. The van der Waals surface area contributed by atoms with E-state index in [1.165, 1.54) is 24.7 Å². The fraction of sp³-hybridized carbons (Fsp3) is 0.111. The third-order valence-corrected chi connectivity index (χ3v) is 3.04. The van der Waals surface area contributed by atoms with E-state index < -0.39 is 11.7 Å². The maximum Gasteiger partial charge on any atom is 0.420 e. The van der Waals surface area contributed by atoms with Crippen molar-refractivity contribution in [2.75, 3.05) is 0 Å². The van der Waals surface area contributed by atoms with Crippen LogP contribution < -0.4 is 0 Å². The average molecular weight is 277 g/mol. The molecule has 0 N–H and O–H groups in total. The summed E-state index contributed by atoms with van der Waals surface area (Å²) in [5.74, 6) is -0.242. The third-order valence-electron chi connectivity index (χ3n) is 1.97. The van der Waals surface area contributed by atoms with Gasteiger partial charge in [-0.2, -0.15) is 18.3 Å². The molecule has 0 saturated carbocycles. The lowest BCUT2D eigenvalue weighted by molar-refractivity contribution is -0.137. The van der Waals surface area contributed by atoms with Gasteiger partial charge in [-0.25, -0.2) is 9.67 Å². The SMILES string of the molecule is FC(F)(F)c1cc(SS)cnc1-n1cccn1. The molecule has 0 spiro atoms. The molecule has 90 valence electrons. The molecule has 8 heteroatoms. The standard InChI is InChI=1S/C9H6F3N3S2/c10-9(11,12)7-4-6(17-16)5-13-8(7)15-3-1-2-14-15/h1-5,16H. The summed E-state index contributed by atoms with van der Waals surface area (Å²) in [5.41, 5.74) is -0.833. The highest BCUT2D eigenvalue weighted by Gasteiger charge is 2.35. The van der Waals surface area contributed by atoms with Crippen LogP contribution >= 0.6 is 22.5 Å². The van der Waals surface area contributed by atoms with E-state index in [2.05, 4.69) is 21.7 Å². The molecular formula is C9H6F3N3S2. The zero-order valence-electron chi connectivity index (χ0n) is 8.22. The number of aromatic nitrogens is 3. The molecule has 3 nitrogen and oxygen atoms in total. The van der Waals surface area contributed by atoms with E-state index in [4.69, 9.17) is 0 Å². The van der Waals surface area contributed by atoms with E-state index in [9.17, 15) is 13.2 Å². The summed E-state index contributed by atoms with van der Waals surface area (Å²) < 4.78 is 39.6. The van der Waals surface area contributed by atoms with Crippen LogP contribution in [0.5, 0.6) is 0 Å². The summed E-state index contributed by atoms with van der Waals surface area (Å²) in [6.45, 7) is 0. The minimum Gasteiger partial charge on any atom is -0.235 e. The van der Waals surface area contributed by atoms with Gasteiger partial charge >= 0.3 is 6.18 Å². The molecule has 0 bridgehead atoms. The van der Waals surface area contributed by atoms with Gasteiger partial charge in [0.1, 0.15) is 5.56 Å². The Balaban J connectivity index is 2.59. The lowest BCUT2D eigenvalue weighted by atomic mass is 10.2. The second-order valence-corrected chi connectivity index (χ2v) is 4.28. The van der Waals surface area contributed by atoms with Crippen LogP contribution in [0.4, 0.5) is 13.2 Å². The molecule has 17 heavy (non-hydrogen) atoms. The fourth-order valence-electron chi connectivity index (χ4n) is 1.27. The Morgan fingerprint density at radius 2 is 2.12 bits per heavy atom. The number of rotatable bonds is 2. The van der Waals surface area contributed by atoms with Crippen LogP contribution in [0.3, 0.4) is 0 Å². The van der Waals surface area contributed by atoms with Crippen LogP contribution in [0.25, 0.3) is 5.82 Å². The Labute approximate surface area is 104 Å². The van der Waals surface area contributed by atoms with Crippen molar-refractivity contribution in [3.8, 4) is 5.82 Å². The van der Waals surface area contributed by atoms with Gasteiger partial charge in [0.05, 0.1) is 0 Å². The van der Waals surface area contributed by atoms with E-state index in [0.717, 1.165) is 21.5 Å². The predicted molar refractivity (Wildman–Crippen MR) is 61.2 cm³/mol. The second kappa shape index (κ2) is 4.61. The summed E-state index contributed by atoms with van der Waals surface area (Å²) in [5, 5.41) is 3.74. The fourth-order valence-corrected chi connectivity index (χ4v) is 1.84. The number of hydrogen-bond acceptors (Lipinski definition) is 4. The lowest BCUT2D eigenvalue weighted by Crippen LogP contribution is -2.13. The molecule has 0 radical (unpaired) electrons. The molecule has 2 heterocycles. The van der Waals surface area contributed by atoms with Crippen LogP contribution in [0.1, 0.15) is 5.56 Å². The molecule has 0 amide bonds. The molecule has 0 saturated heterocycles. The molecule has 0 fully saturated rings. The van der Waals surface area contributed by atoms with Crippen molar-refractivity contribution < 1.29 is 13.2 Å². The summed E-state index contributed by atoms with van der Waals surface area (Å²) in [7, 11) is 0.907. The van der Waals surface area contributed by atoms with E-state index in [1.807, 2.05) is 0 Å². The van der Waals surface area contributed by atoms with Crippen LogP contribution in [-0.2, 0) is 6.18 Å². The van der Waals surface area contributed by atoms with Gasteiger partial charge in [-0.15, -0.1) is 11.7 Å². The highest BCUT2D eigenvalue weighted by Crippen LogP contribution is 2.35. The first-order valence-corrected chi connectivity index (χ1v) is 6.28. The number of nitrogens with zero attached hydrogens (tertiary/aromatic N) is 3. The molecule has 2 rings (SSSR count). The molecule has 0 unspecified atom stereocenters. The van der Waals surface area contributed by atoms with E-state index in [1.54, 1.807) is 0 Å². The number of pyridine rings is 1. The van der Waals surface area contributed by atoms with Gasteiger partial charge < -0.3 is 0 Å². The van der Waals surface area contributed by atoms with Crippen molar-refractivity contribution in [2.24, 2.45) is 0 Å². The summed E-state index contributed by atoms with van der Waals surface area (Å²) >= 11 is 3.85. The lowest BCUT2D eigenvalue weighted by Gasteiger charge is -2.12.